The van der Waals surface area contributed by atoms with Crippen LogP contribution >= 0.6 is 0 Å². The summed E-state index contributed by atoms with van der Waals surface area (Å²) in [6.45, 7) is 0. The number of hydrogen-bond acceptors (Lipinski definition) is 0. The molecule has 0 aliphatic carbocycles. The highest BCUT2D eigenvalue weighted by atomic mass is 15.0. The second-order valence-corrected chi connectivity index (χ2v) is 8.70. The predicted octanol–water partition coefficient (Wildman–Crippen LogP) is 8.10. The van der Waals surface area contributed by atoms with Crippen molar-refractivity contribution in [1.82, 2.24) is 9.13 Å². The third-order valence-corrected chi connectivity index (χ3v) is 6.93. The summed E-state index contributed by atoms with van der Waals surface area (Å²) in [5.74, 6) is 0. The van der Waals surface area contributed by atoms with E-state index in [1.165, 1.54) is 60.4 Å². The number of hydrogen-bond donors (Lipinski definition) is 0. The summed E-state index contributed by atoms with van der Waals surface area (Å²) in [6, 6.07) is 41.5. The first-order chi connectivity index (χ1) is 16.3. The normalized spacial score (nSPS) is 11.8. The number of nitrogens with zero attached hydrogens (tertiary/aromatic N) is 2. The lowest BCUT2D eigenvalue weighted by Gasteiger charge is -2.08. The molecule has 0 aliphatic heterocycles. The van der Waals surface area contributed by atoms with Crippen molar-refractivity contribution in [2.75, 3.05) is 0 Å². The quantitative estimate of drug-likeness (QED) is 0.266. The first kappa shape index (κ1) is 18.3. The van der Waals surface area contributed by atoms with E-state index in [9.17, 15) is 0 Å². The van der Waals surface area contributed by atoms with Gasteiger partial charge in [-0.2, -0.15) is 0 Å². The highest BCUT2D eigenvalue weighted by molar-refractivity contribution is 6.28. The molecule has 0 unspecified atom stereocenters. The SMILES string of the molecule is Cn1c2ccccc2c2c3c4cc(-c5ccccc5)ccc4n(-c4ccccc4)c3ccc21. The first-order valence-corrected chi connectivity index (χ1v) is 11.4. The van der Waals surface area contributed by atoms with E-state index < -0.39 is 0 Å². The largest absolute Gasteiger partial charge is 0.344 e. The smallest absolute Gasteiger partial charge is 0.0548 e. The molecule has 0 spiro atoms. The van der Waals surface area contributed by atoms with Crippen LogP contribution in [0.5, 0.6) is 0 Å². The van der Waals surface area contributed by atoms with E-state index in [0.717, 1.165) is 0 Å². The van der Waals surface area contributed by atoms with Crippen LogP contribution in [0.4, 0.5) is 0 Å². The lowest BCUT2D eigenvalue weighted by Crippen LogP contribution is -1.93. The van der Waals surface area contributed by atoms with Crippen LogP contribution in [-0.2, 0) is 7.05 Å². The van der Waals surface area contributed by atoms with Crippen molar-refractivity contribution >= 4 is 43.6 Å². The molecule has 7 rings (SSSR count). The maximum atomic E-state index is 2.40. The molecule has 0 amide bonds. The van der Waals surface area contributed by atoms with Gasteiger partial charge in [-0.1, -0.05) is 72.8 Å². The van der Waals surface area contributed by atoms with Gasteiger partial charge in [-0.15, -0.1) is 0 Å². The molecule has 7 aromatic rings. The van der Waals surface area contributed by atoms with Crippen molar-refractivity contribution < 1.29 is 0 Å². The van der Waals surface area contributed by atoms with Crippen LogP contribution < -0.4 is 0 Å². The Kier molecular flexibility index (Phi) is 3.80. The highest BCUT2D eigenvalue weighted by Gasteiger charge is 2.19. The zero-order valence-corrected chi connectivity index (χ0v) is 18.4. The van der Waals surface area contributed by atoms with Crippen molar-refractivity contribution in [3.8, 4) is 16.8 Å². The predicted molar refractivity (Wildman–Crippen MR) is 140 cm³/mol. The summed E-state index contributed by atoms with van der Waals surface area (Å²) < 4.78 is 4.72. The van der Waals surface area contributed by atoms with E-state index in [2.05, 4.69) is 131 Å². The zero-order chi connectivity index (χ0) is 21.9. The van der Waals surface area contributed by atoms with Crippen molar-refractivity contribution in [2.24, 2.45) is 7.05 Å². The molecule has 0 atom stereocenters. The van der Waals surface area contributed by atoms with Crippen LogP contribution in [0.25, 0.3) is 60.4 Å². The Bertz CT molecular complexity index is 1800. The third-order valence-electron chi connectivity index (χ3n) is 6.93. The van der Waals surface area contributed by atoms with Crippen LogP contribution in [0.1, 0.15) is 0 Å². The van der Waals surface area contributed by atoms with Crippen LogP contribution in [-0.4, -0.2) is 9.13 Å². The fourth-order valence-electron chi connectivity index (χ4n) is 5.43. The van der Waals surface area contributed by atoms with Gasteiger partial charge in [0.1, 0.15) is 0 Å². The molecule has 33 heavy (non-hydrogen) atoms. The summed E-state index contributed by atoms with van der Waals surface area (Å²) >= 11 is 0. The van der Waals surface area contributed by atoms with Gasteiger partial charge in [0.15, 0.2) is 0 Å². The van der Waals surface area contributed by atoms with E-state index in [4.69, 9.17) is 0 Å². The summed E-state index contributed by atoms with van der Waals surface area (Å²) in [6.07, 6.45) is 0. The van der Waals surface area contributed by atoms with E-state index in [-0.39, 0.29) is 0 Å². The second kappa shape index (κ2) is 6.85. The van der Waals surface area contributed by atoms with Crippen molar-refractivity contribution in [3.63, 3.8) is 0 Å². The zero-order valence-electron chi connectivity index (χ0n) is 18.4. The Labute approximate surface area is 191 Å². The fraction of sp³-hybridized carbons (Fsp3) is 0.0323. The molecule has 2 nitrogen and oxygen atoms in total. The molecule has 0 radical (unpaired) electrons. The molecular formula is C31H22N2. The average Bonchev–Trinajstić information content (AvgIpc) is 3.37. The van der Waals surface area contributed by atoms with Crippen molar-refractivity contribution in [3.05, 3.63) is 115 Å². The standard InChI is InChI=1S/C31H22N2/c1-32-26-15-9-8-14-24(26)30-28(32)18-19-29-31(30)25-20-22(21-10-4-2-5-11-21)16-17-27(25)33(29)23-12-6-3-7-13-23/h2-20H,1H3. The number of benzene rings is 5. The van der Waals surface area contributed by atoms with Gasteiger partial charge in [0.25, 0.3) is 0 Å². The van der Waals surface area contributed by atoms with Crippen LogP contribution in [0.3, 0.4) is 0 Å². The molecule has 156 valence electrons. The van der Waals surface area contributed by atoms with Crippen LogP contribution in [0.2, 0.25) is 0 Å². The van der Waals surface area contributed by atoms with E-state index in [1.54, 1.807) is 0 Å². The molecule has 0 N–H and O–H groups in total. The Balaban J connectivity index is 1.72. The number of aromatic nitrogens is 2. The summed E-state index contributed by atoms with van der Waals surface area (Å²) in [4.78, 5) is 0. The van der Waals surface area contributed by atoms with Crippen molar-refractivity contribution in [2.45, 2.75) is 0 Å². The monoisotopic (exact) mass is 422 g/mol. The number of para-hydroxylation sites is 2. The van der Waals surface area contributed by atoms with Gasteiger partial charge < -0.3 is 9.13 Å². The van der Waals surface area contributed by atoms with Gasteiger partial charge in [0, 0.05) is 45.3 Å². The molecule has 2 heterocycles. The Hall–Kier alpha value is -4.30. The maximum absolute atomic E-state index is 2.40. The third kappa shape index (κ3) is 2.55. The molecule has 0 saturated heterocycles. The Morgan fingerprint density at radius 1 is 0.455 bits per heavy atom. The van der Waals surface area contributed by atoms with Crippen LogP contribution in [0, 0.1) is 0 Å². The van der Waals surface area contributed by atoms with Gasteiger partial charge in [0.05, 0.1) is 11.0 Å². The van der Waals surface area contributed by atoms with Gasteiger partial charge in [-0.3, -0.25) is 0 Å². The minimum atomic E-state index is 1.18. The Morgan fingerprint density at radius 3 is 1.91 bits per heavy atom. The Morgan fingerprint density at radius 2 is 1.09 bits per heavy atom. The molecular weight excluding hydrogens is 400 g/mol. The van der Waals surface area contributed by atoms with Crippen molar-refractivity contribution in [1.29, 1.82) is 0 Å². The number of rotatable bonds is 2. The molecule has 0 saturated carbocycles. The van der Waals surface area contributed by atoms with Crippen LogP contribution in [0.15, 0.2) is 115 Å². The molecule has 0 fully saturated rings. The second-order valence-electron chi connectivity index (χ2n) is 8.70. The number of aryl methyl sites for hydroxylation is 1. The topological polar surface area (TPSA) is 9.86 Å². The van der Waals surface area contributed by atoms with Gasteiger partial charge in [0.2, 0.25) is 0 Å². The molecule has 0 bridgehead atoms. The van der Waals surface area contributed by atoms with Gasteiger partial charge in [-0.25, -0.2) is 0 Å². The minimum Gasteiger partial charge on any atom is -0.344 e. The molecule has 0 aliphatic rings. The lowest BCUT2D eigenvalue weighted by atomic mass is 10.0. The van der Waals surface area contributed by atoms with E-state index in [1.807, 2.05) is 0 Å². The van der Waals surface area contributed by atoms with E-state index >= 15 is 0 Å². The summed E-state index contributed by atoms with van der Waals surface area (Å²) in [5.41, 5.74) is 8.67. The molecule has 2 heteroatoms. The minimum absolute atomic E-state index is 1.18. The highest BCUT2D eigenvalue weighted by Crippen LogP contribution is 2.41. The van der Waals surface area contributed by atoms with E-state index in [0.29, 0.717) is 0 Å². The first-order valence-electron chi connectivity index (χ1n) is 11.4. The molecule has 2 aromatic heterocycles. The molecule has 5 aromatic carbocycles. The fourth-order valence-corrected chi connectivity index (χ4v) is 5.43. The van der Waals surface area contributed by atoms with Gasteiger partial charge >= 0.3 is 0 Å². The van der Waals surface area contributed by atoms with Gasteiger partial charge in [-0.05, 0) is 53.6 Å². The average molecular weight is 423 g/mol. The maximum Gasteiger partial charge on any atom is 0.0548 e. The summed E-state index contributed by atoms with van der Waals surface area (Å²) in [7, 11) is 2.17. The summed E-state index contributed by atoms with van der Waals surface area (Å²) in [5, 5.41) is 5.24. The lowest BCUT2D eigenvalue weighted by molar-refractivity contribution is 1.01. The number of fused-ring (bicyclic) bond motifs is 7.